The molecule has 0 spiro atoms. The van der Waals surface area contributed by atoms with Gasteiger partial charge < -0.3 is 19.5 Å². The Kier molecular flexibility index (Phi) is 7.50. The lowest BCUT2D eigenvalue weighted by Crippen LogP contribution is -2.50. The molecule has 8 nitrogen and oxygen atoms in total. The van der Waals surface area contributed by atoms with Crippen LogP contribution in [0.15, 0.2) is 47.4 Å². The number of alkyl halides is 3. The zero-order chi connectivity index (χ0) is 24.2. The molecule has 0 bridgehead atoms. The largest absolute Gasteiger partial charge is 0.493 e. The molecule has 1 saturated heterocycles. The van der Waals surface area contributed by atoms with Gasteiger partial charge in [0.2, 0.25) is 10.0 Å². The average molecular weight is 488 g/mol. The van der Waals surface area contributed by atoms with Gasteiger partial charge in [-0.15, -0.1) is 0 Å². The predicted molar refractivity (Wildman–Crippen MR) is 112 cm³/mol. The van der Waals surface area contributed by atoms with E-state index in [0.717, 1.165) is 22.5 Å². The first-order valence-corrected chi connectivity index (χ1v) is 11.4. The van der Waals surface area contributed by atoms with Crippen LogP contribution in [0.1, 0.15) is 15.9 Å². The highest BCUT2D eigenvalue weighted by Crippen LogP contribution is 2.32. The summed E-state index contributed by atoms with van der Waals surface area (Å²) in [7, 11) is -2.71. The summed E-state index contributed by atoms with van der Waals surface area (Å²) in [5.41, 5.74) is -0.756. The van der Waals surface area contributed by atoms with Crippen LogP contribution in [0.5, 0.6) is 11.5 Å². The Morgan fingerprint density at radius 3 is 2.36 bits per heavy atom. The molecule has 1 heterocycles. The smallest absolute Gasteiger partial charge is 0.416 e. The van der Waals surface area contributed by atoms with Crippen LogP contribution in [0.25, 0.3) is 0 Å². The summed E-state index contributed by atoms with van der Waals surface area (Å²) in [6, 6.07) is 8.15. The number of aliphatic hydroxyl groups excluding tert-OH is 1. The van der Waals surface area contributed by atoms with E-state index >= 15 is 0 Å². The Hall–Kier alpha value is -2.83. The maximum Gasteiger partial charge on any atom is 0.416 e. The monoisotopic (exact) mass is 488 g/mol. The fourth-order valence-electron chi connectivity index (χ4n) is 3.37. The van der Waals surface area contributed by atoms with Gasteiger partial charge >= 0.3 is 6.18 Å². The van der Waals surface area contributed by atoms with Gasteiger partial charge in [-0.25, -0.2) is 8.42 Å². The summed E-state index contributed by atoms with van der Waals surface area (Å²) in [5.74, 6) is 0.308. The lowest BCUT2D eigenvalue weighted by atomic mass is 10.1. The number of benzene rings is 2. The number of aliphatic hydroxyl groups is 1. The summed E-state index contributed by atoms with van der Waals surface area (Å²) >= 11 is 0. The molecule has 3 rings (SSSR count). The average Bonchev–Trinajstić information content (AvgIpc) is 2.81. The second-order valence-electron chi connectivity index (χ2n) is 7.16. The van der Waals surface area contributed by atoms with Gasteiger partial charge in [0.05, 0.1) is 24.2 Å². The van der Waals surface area contributed by atoms with Crippen molar-refractivity contribution in [2.75, 3.05) is 46.5 Å². The molecule has 1 aliphatic heterocycles. The van der Waals surface area contributed by atoms with Crippen LogP contribution >= 0.6 is 0 Å². The van der Waals surface area contributed by atoms with Crippen LogP contribution in [-0.2, 0) is 16.2 Å². The zero-order valence-electron chi connectivity index (χ0n) is 17.7. The Balaban J connectivity index is 1.71. The maximum atomic E-state index is 13.0. The molecular weight excluding hydrogens is 465 g/mol. The van der Waals surface area contributed by atoms with Crippen LogP contribution in [0, 0.1) is 0 Å². The van der Waals surface area contributed by atoms with Crippen molar-refractivity contribution in [1.29, 1.82) is 0 Å². The maximum absolute atomic E-state index is 13.0. The van der Waals surface area contributed by atoms with Gasteiger partial charge in [0.1, 0.15) is 6.61 Å². The number of piperazine rings is 1. The number of methoxy groups -OCH3 is 1. The third-order valence-electron chi connectivity index (χ3n) is 5.08. The lowest BCUT2D eigenvalue weighted by Gasteiger charge is -2.34. The van der Waals surface area contributed by atoms with E-state index in [2.05, 4.69) is 0 Å². The molecule has 2 aromatic carbocycles. The standard InChI is InChI=1S/C21H23F3N2O6S/c1-31-18-6-5-15(13-19(18)32-12-11-27)20(28)25-7-9-26(10-8-25)33(29,30)17-4-2-3-16(14-17)21(22,23)24/h2-6,13-14,27H,7-12H2,1H3. The number of rotatable bonds is 7. The van der Waals surface area contributed by atoms with Gasteiger partial charge in [-0.2, -0.15) is 17.5 Å². The molecule has 1 amide bonds. The van der Waals surface area contributed by atoms with Crippen molar-refractivity contribution in [3.8, 4) is 11.5 Å². The van der Waals surface area contributed by atoms with E-state index in [0.29, 0.717) is 11.8 Å². The highest BCUT2D eigenvalue weighted by molar-refractivity contribution is 7.89. The van der Waals surface area contributed by atoms with E-state index in [-0.39, 0.29) is 56.6 Å². The molecule has 0 radical (unpaired) electrons. The van der Waals surface area contributed by atoms with Crippen LogP contribution in [0.3, 0.4) is 0 Å². The SMILES string of the molecule is COc1ccc(C(=O)N2CCN(S(=O)(=O)c3cccc(C(F)(F)F)c3)CC2)cc1OCCO. The molecule has 0 atom stereocenters. The Labute approximate surface area is 189 Å². The zero-order valence-corrected chi connectivity index (χ0v) is 18.5. The number of hydrogen-bond acceptors (Lipinski definition) is 6. The molecule has 1 N–H and O–H groups in total. The molecule has 1 aliphatic rings. The molecule has 2 aromatic rings. The summed E-state index contributed by atoms with van der Waals surface area (Å²) in [5, 5.41) is 8.95. The van der Waals surface area contributed by atoms with Gasteiger partial charge in [-0.1, -0.05) is 6.07 Å². The van der Waals surface area contributed by atoms with Crippen molar-refractivity contribution >= 4 is 15.9 Å². The first kappa shape index (κ1) is 24.8. The number of halogens is 3. The van der Waals surface area contributed by atoms with Crippen molar-refractivity contribution in [2.45, 2.75) is 11.1 Å². The molecule has 0 aliphatic carbocycles. The Bertz CT molecular complexity index is 1100. The van der Waals surface area contributed by atoms with Crippen LogP contribution in [0.4, 0.5) is 13.2 Å². The number of carbonyl (C=O) groups excluding carboxylic acids is 1. The van der Waals surface area contributed by atoms with E-state index in [4.69, 9.17) is 14.6 Å². The van der Waals surface area contributed by atoms with Gasteiger partial charge in [0.25, 0.3) is 5.91 Å². The normalized spacial score (nSPS) is 15.4. The quantitative estimate of drug-likeness (QED) is 0.642. The third kappa shape index (κ3) is 5.57. The lowest BCUT2D eigenvalue weighted by molar-refractivity contribution is -0.137. The second kappa shape index (κ2) is 9.98. The van der Waals surface area contributed by atoms with Crippen LogP contribution in [-0.4, -0.2) is 75.1 Å². The van der Waals surface area contributed by atoms with E-state index < -0.39 is 26.7 Å². The van der Waals surface area contributed by atoms with E-state index in [9.17, 15) is 26.4 Å². The summed E-state index contributed by atoms with van der Waals surface area (Å²) < 4.78 is 76.2. The van der Waals surface area contributed by atoms with E-state index in [1.807, 2.05) is 0 Å². The molecule has 33 heavy (non-hydrogen) atoms. The summed E-state index contributed by atoms with van der Waals surface area (Å²) in [6.07, 6.45) is -4.66. The first-order chi connectivity index (χ1) is 15.6. The first-order valence-electron chi connectivity index (χ1n) is 9.96. The minimum Gasteiger partial charge on any atom is -0.493 e. The number of hydrogen-bond donors (Lipinski definition) is 1. The Morgan fingerprint density at radius 1 is 1.06 bits per heavy atom. The minimum absolute atomic E-state index is 0.0140. The molecular formula is C21H23F3N2O6S. The number of ether oxygens (including phenoxy) is 2. The second-order valence-corrected chi connectivity index (χ2v) is 9.10. The van der Waals surface area contributed by atoms with Gasteiger partial charge in [0, 0.05) is 31.7 Å². The number of amides is 1. The number of sulfonamides is 1. The molecule has 12 heteroatoms. The molecule has 0 unspecified atom stereocenters. The summed E-state index contributed by atoms with van der Waals surface area (Å²) in [6.45, 7) is -0.196. The van der Waals surface area contributed by atoms with Gasteiger partial charge in [-0.3, -0.25) is 4.79 Å². The minimum atomic E-state index is -4.66. The van der Waals surface area contributed by atoms with Crippen LogP contribution < -0.4 is 9.47 Å². The topological polar surface area (TPSA) is 96.4 Å². The summed E-state index contributed by atoms with van der Waals surface area (Å²) in [4.78, 5) is 13.9. The highest BCUT2D eigenvalue weighted by atomic mass is 32.2. The van der Waals surface area contributed by atoms with Crippen molar-refractivity contribution in [3.63, 3.8) is 0 Å². The van der Waals surface area contributed by atoms with Gasteiger partial charge in [-0.05, 0) is 36.4 Å². The number of nitrogens with zero attached hydrogens (tertiary/aromatic N) is 2. The molecule has 180 valence electrons. The molecule has 1 fully saturated rings. The van der Waals surface area contributed by atoms with Crippen molar-refractivity contribution in [1.82, 2.24) is 9.21 Å². The molecule has 0 saturated carbocycles. The highest BCUT2D eigenvalue weighted by Gasteiger charge is 2.34. The van der Waals surface area contributed by atoms with E-state index in [1.165, 1.54) is 18.1 Å². The fourth-order valence-corrected chi connectivity index (χ4v) is 4.84. The van der Waals surface area contributed by atoms with Crippen molar-refractivity contribution < 1.29 is 41.0 Å². The van der Waals surface area contributed by atoms with Crippen molar-refractivity contribution in [2.24, 2.45) is 0 Å². The fraction of sp³-hybridized carbons (Fsp3) is 0.381. The van der Waals surface area contributed by atoms with Crippen LogP contribution in [0.2, 0.25) is 0 Å². The van der Waals surface area contributed by atoms with Gasteiger partial charge in [0.15, 0.2) is 11.5 Å². The predicted octanol–water partition coefficient (Wildman–Crippen LogP) is 2.23. The Morgan fingerprint density at radius 2 is 1.76 bits per heavy atom. The third-order valence-corrected chi connectivity index (χ3v) is 6.98. The molecule has 0 aromatic heterocycles. The van der Waals surface area contributed by atoms with E-state index in [1.54, 1.807) is 12.1 Å². The van der Waals surface area contributed by atoms with Crippen molar-refractivity contribution in [3.05, 3.63) is 53.6 Å². The number of carbonyl (C=O) groups is 1.